The largest absolute Gasteiger partial charge is 0.444 e. The van der Waals surface area contributed by atoms with Gasteiger partial charge in [0.05, 0.1) is 12.6 Å². The number of ether oxygens (including phenoxy) is 2. The number of carbonyl (C=O) groups excluding carboxylic acids is 1. The fourth-order valence-electron chi connectivity index (χ4n) is 3.13. The molecule has 8 heteroatoms. The number of hydrogen-bond donors (Lipinski definition) is 2. The van der Waals surface area contributed by atoms with Crippen LogP contribution in [0.2, 0.25) is 0 Å². The van der Waals surface area contributed by atoms with E-state index in [2.05, 4.69) is 15.5 Å². The van der Waals surface area contributed by atoms with Gasteiger partial charge >= 0.3 is 6.09 Å². The van der Waals surface area contributed by atoms with E-state index in [0.717, 1.165) is 31.0 Å². The molecule has 0 aromatic heterocycles. The standard InChI is InChI=1S/C21H33FN4O3/c1-6-23-19(24-13-18(28-5)15-7-9-16(22)10-8-15)26-12-11-17(14-26)25-20(27)29-21(2,3)4/h7-10,17-18H,6,11-14H2,1-5H3,(H,23,24)(H,25,27). The van der Waals surface area contributed by atoms with Gasteiger partial charge in [-0.15, -0.1) is 0 Å². The van der Waals surface area contributed by atoms with E-state index in [1.54, 1.807) is 19.2 Å². The second-order valence-electron chi connectivity index (χ2n) is 8.05. The van der Waals surface area contributed by atoms with Gasteiger partial charge in [0.2, 0.25) is 0 Å². The Morgan fingerprint density at radius 1 is 1.34 bits per heavy atom. The smallest absolute Gasteiger partial charge is 0.407 e. The van der Waals surface area contributed by atoms with E-state index in [0.29, 0.717) is 13.1 Å². The zero-order chi connectivity index (χ0) is 21.4. The Hall–Kier alpha value is -2.35. The van der Waals surface area contributed by atoms with Crippen LogP contribution in [0.4, 0.5) is 9.18 Å². The van der Waals surface area contributed by atoms with Crippen molar-refractivity contribution < 1.29 is 18.7 Å². The number of nitrogens with one attached hydrogen (secondary N) is 2. The molecule has 1 aliphatic heterocycles. The van der Waals surface area contributed by atoms with Gasteiger partial charge < -0.3 is 25.0 Å². The average Bonchev–Trinajstić information content (AvgIpc) is 3.09. The summed E-state index contributed by atoms with van der Waals surface area (Å²) < 4.78 is 24.0. The van der Waals surface area contributed by atoms with E-state index in [9.17, 15) is 9.18 Å². The van der Waals surface area contributed by atoms with Crippen LogP contribution in [0.25, 0.3) is 0 Å². The van der Waals surface area contributed by atoms with Gasteiger partial charge in [-0.05, 0) is 51.8 Å². The van der Waals surface area contributed by atoms with Crippen LogP contribution in [0.5, 0.6) is 0 Å². The fraction of sp³-hybridized carbons (Fsp3) is 0.619. The van der Waals surface area contributed by atoms with Crippen LogP contribution in [0.3, 0.4) is 0 Å². The van der Waals surface area contributed by atoms with Crippen LogP contribution in [0.15, 0.2) is 29.3 Å². The Kier molecular flexibility index (Phi) is 8.25. The highest BCUT2D eigenvalue weighted by Gasteiger charge is 2.28. The number of guanidine groups is 1. The molecule has 0 bridgehead atoms. The minimum atomic E-state index is -0.520. The fourth-order valence-corrected chi connectivity index (χ4v) is 3.13. The van der Waals surface area contributed by atoms with Crippen molar-refractivity contribution in [3.05, 3.63) is 35.6 Å². The minimum Gasteiger partial charge on any atom is -0.444 e. The predicted octanol–water partition coefficient (Wildman–Crippen LogP) is 3.08. The van der Waals surface area contributed by atoms with Crippen molar-refractivity contribution in [1.29, 1.82) is 0 Å². The van der Waals surface area contributed by atoms with Gasteiger partial charge in [0.1, 0.15) is 17.5 Å². The van der Waals surface area contributed by atoms with Crippen molar-refractivity contribution in [2.24, 2.45) is 4.99 Å². The molecule has 0 spiro atoms. The van der Waals surface area contributed by atoms with Crippen molar-refractivity contribution >= 4 is 12.1 Å². The van der Waals surface area contributed by atoms with E-state index in [1.165, 1.54) is 12.1 Å². The minimum absolute atomic E-state index is 0.00373. The number of nitrogens with zero attached hydrogens (tertiary/aromatic N) is 2. The van der Waals surface area contributed by atoms with Crippen molar-refractivity contribution in [3.8, 4) is 0 Å². The number of hydrogen-bond acceptors (Lipinski definition) is 4. The van der Waals surface area contributed by atoms with E-state index < -0.39 is 11.7 Å². The quantitative estimate of drug-likeness (QED) is 0.559. The van der Waals surface area contributed by atoms with Gasteiger partial charge in [-0.2, -0.15) is 0 Å². The molecule has 0 saturated carbocycles. The van der Waals surface area contributed by atoms with E-state index in [-0.39, 0.29) is 18.0 Å². The normalized spacial score (nSPS) is 18.5. The number of aliphatic imine (C=N–C) groups is 1. The summed E-state index contributed by atoms with van der Waals surface area (Å²) in [6, 6.07) is 6.27. The third kappa shape index (κ3) is 7.53. The van der Waals surface area contributed by atoms with Gasteiger partial charge in [0.25, 0.3) is 0 Å². The highest BCUT2D eigenvalue weighted by atomic mass is 19.1. The number of methoxy groups -OCH3 is 1. The molecule has 1 heterocycles. The number of alkyl carbamates (subject to hydrolysis) is 1. The van der Waals surface area contributed by atoms with Crippen LogP contribution in [0, 0.1) is 5.82 Å². The number of benzene rings is 1. The summed E-state index contributed by atoms with van der Waals surface area (Å²) in [7, 11) is 1.62. The van der Waals surface area contributed by atoms with Crippen LogP contribution >= 0.6 is 0 Å². The van der Waals surface area contributed by atoms with Crippen molar-refractivity contribution in [2.45, 2.75) is 51.9 Å². The molecule has 162 valence electrons. The average molecular weight is 409 g/mol. The molecular formula is C21H33FN4O3. The third-order valence-electron chi connectivity index (χ3n) is 4.48. The lowest BCUT2D eigenvalue weighted by molar-refractivity contribution is 0.0507. The zero-order valence-electron chi connectivity index (χ0n) is 18.0. The molecule has 2 unspecified atom stereocenters. The molecular weight excluding hydrogens is 375 g/mol. The number of rotatable bonds is 6. The van der Waals surface area contributed by atoms with Crippen molar-refractivity contribution in [2.75, 3.05) is 33.3 Å². The molecule has 1 saturated heterocycles. The molecule has 1 aromatic rings. The Bertz CT molecular complexity index is 688. The molecule has 2 N–H and O–H groups in total. The first-order chi connectivity index (χ1) is 13.7. The summed E-state index contributed by atoms with van der Waals surface area (Å²) in [6.45, 7) is 10.1. The molecule has 2 atom stereocenters. The lowest BCUT2D eigenvalue weighted by atomic mass is 10.1. The van der Waals surface area contributed by atoms with E-state index in [1.807, 2.05) is 27.7 Å². The molecule has 29 heavy (non-hydrogen) atoms. The molecule has 1 amide bonds. The lowest BCUT2D eigenvalue weighted by Crippen LogP contribution is -2.44. The Morgan fingerprint density at radius 3 is 2.62 bits per heavy atom. The highest BCUT2D eigenvalue weighted by molar-refractivity contribution is 5.80. The number of carbonyl (C=O) groups is 1. The molecule has 1 aromatic carbocycles. The summed E-state index contributed by atoms with van der Waals surface area (Å²) >= 11 is 0. The van der Waals surface area contributed by atoms with E-state index in [4.69, 9.17) is 14.5 Å². The van der Waals surface area contributed by atoms with Crippen LogP contribution in [-0.2, 0) is 9.47 Å². The maximum absolute atomic E-state index is 13.2. The van der Waals surface area contributed by atoms with Gasteiger partial charge in [0.15, 0.2) is 5.96 Å². The summed E-state index contributed by atoms with van der Waals surface area (Å²) in [5.74, 6) is 0.492. The van der Waals surface area contributed by atoms with Crippen molar-refractivity contribution in [1.82, 2.24) is 15.5 Å². The SMILES string of the molecule is CCNC(=NCC(OC)c1ccc(F)cc1)N1CCC(NC(=O)OC(C)(C)C)C1. The van der Waals surface area contributed by atoms with Gasteiger partial charge in [-0.3, -0.25) is 4.99 Å². The summed E-state index contributed by atoms with van der Waals surface area (Å²) in [4.78, 5) is 18.8. The van der Waals surface area contributed by atoms with Gasteiger partial charge in [-0.1, -0.05) is 12.1 Å². The maximum Gasteiger partial charge on any atom is 0.407 e. The number of likely N-dealkylation sites (tertiary alicyclic amines) is 1. The number of amides is 1. The molecule has 1 aliphatic rings. The summed E-state index contributed by atoms with van der Waals surface area (Å²) in [5, 5.41) is 6.22. The third-order valence-corrected chi connectivity index (χ3v) is 4.48. The highest BCUT2D eigenvalue weighted by Crippen LogP contribution is 2.18. The van der Waals surface area contributed by atoms with Gasteiger partial charge in [0, 0.05) is 26.7 Å². The Balaban J connectivity index is 1.97. The molecule has 0 radical (unpaired) electrons. The maximum atomic E-state index is 13.2. The second-order valence-corrected chi connectivity index (χ2v) is 8.05. The van der Waals surface area contributed by atoms with Crippen molar-refractivity contribution in [3.63, 3.8) is 0 Å². The molecule has 0 aliphatic carbocycles. The predicted molar refractivity (Wildman–Crippen MR) is 111 cm³/mol. The first-order valence-corrected chi connectivity index (χ1v) is 10.0. The van der Waals surface area contributed by atoms with Crippen LogP contribution < -0.4 is 10.6 Å². The second kappa shape index (κ2) is 10.4. The summed E-state index contributed by atoms with van der Waals surface area (Å²) in [6.07, 6.45) is 0.152. The monoisotopic (exact) mass is 408 g/mol. The zero-order valence-corrected chi connectivity index (χ0v) is 18.0. The Morgan fingerprint density at radius 2 is 2.03 bits per heavy atom. The topological polar surface area (TPSA) is 75.2 Å². The number of halogens is 1. The molecule has 2 rings (SSSR count). The van der Waals surface area contributed by atoms with Gasteiger partial charge in [-0.25, -0.2) is 9.18 Å². The molecule has 7 nitrogen and oxygen atoms in total. The Labute approximate surface area is 172 Å². The van der Waals surface area contributed by atoms with Crippen LogP contribution in [0.1, 0.15) is 45.8 Å². The lowest BCUT2D eigenvalue weighted by Gasteiger charge is -2.24. The first kappa shape index (κ1) is 22.9. The van der Waals surface area contributed by atoms with Crippen LogP contribution in [-0.4, -0.2) is 61.9 Å². The summed E-state index contributed by atoms with van der Waals surface area (Å²) in [5.41, 5.74) is 0.355. The van der Waals surface area contributed by atoms with E-state index >= 15 is 0 Å². The first-order valence-electron chi connectivity index (χ1n) is 10.0. The molecule has 1 fully saturated rings.